The first-order chi connectivity index (χ1) is 10.0. The third-order valence-electron chi connectivity index (χ3n) is 2.73. The molecule has 0 radical (unpaired) electrons. The Bertz CT molecular complexity index is 616. The fourth-order valence-corrected chi connectivity index (χ4v) is 2.29. The molecule has 7 heteroatoms. The summed E-state index contributed by atoms with van der Waals surface area (Å²) in [5.41, 5.74) is 1.07. The standard InChI is InChI=1S/C14H15ClN2O3S/c1-3-4-20-12-9(15)5-8(7-11(12)19-2)6-10-13(18)17-14(21)16-10/h5-7H,3-4H2,1-2H3,(H2,16,17,18,21)/b10-6-. The van der Waals surface area contributed by atoms with Gasteiger partial charge in [0.2, 0.25) is 0 Å². The van der Waals surface area contributed by atoms with Crippen molar-refractivity contribution >= 4 is 40.9 Å². The molecule has 1 aliphatic heterocycles. The van der Waals surface area contributed by atoms with Crippen LogP contribution in [-0.2, 0) is 4.79 Å². The van der Waals surface area contributed by atoms with Gasteiger partial charge in [-0.2, -0.15) is 0 Å². The first-order valence-corrected chi connectivity index (χ1v) is 7.18. The average molecular weight is 327 g/mol. The highest BCUT2D eigenvalue weighted by atomic mass is 35.5. The number of rotatable bonds is 5. The predicted octanol–water partition coefficient (Wildman–Crippen LogP) is 2.48. The summed E-state index contributed by atoms with van der Waals surface area (Å²) < 4.78 is 10.9. The van der Waals surface area contributed by atoms with Crippen LogP contribution in [0.5, 0.6) is 11.5 Å². The fraction of sp³-hybridized carbons (Fsp3) is 0.286. The number of hydrogen-bond donors (Lipinski definition) is 2. The van der Waals surface area contributed by atoms with Gasteiger partial charge in [-0.3, -0.25) is 10.1 Å². The molecule has 2 N–H and O–H groups in total. The lowest BCUT2D eigenvalue weighted by Crippen LogP contribution is -2.21. The number of nitrogens with one attached hydrogen (secondary N) is 2. The van der Waals surface area contributed by atoms with Gasteiger partial charge in [0, 0.05) is 0 Å². The molecular weight excluding hydrogens is 312 g/mol. The maximum atomic E-state index is 11.6. The molecule has 1 saturated heterocycles. The Labute approximate surface area is 133 Å². The van der Waals surface area contributed by atoms with Gasteiger partial charge in [-0.1, -0.05) is 18.5 Å². The second kappa shape index (κ2) is 6.78. The van der Waals surface area contributed by atoms with E-state index in [1.54, 1.807) is 18.2 Å². The summed E-state index contributed by atoms with van der Waals surface area (Å²) in [7, 11) is 1.54. The number of ether oxygens (including phenoxy) is 2. The van der Waals surface area contributed by atoms with Crippen LogP contribution >= 0.6 is 23.8 Å². The molecule has 0 bridgehead atoms. The lowest BCUT2D eigenvalue weighted by Gasteiger charge is -2.12. The monoisotopic (exact) mass is 326 g/mol. The number of carbonyl (C=O) groups is 1. The van der Waals surface area contributed by atoms with E-state index >= 15 is 0 Å². The summed E-state index contributed by atoms with van der Waals surface area (Å²) in [6.07, 6.45) is 2.51. The molecule has 1 aliphatic rings. The van der Waals surface area contributed by atoms with Gasteiger partial charge in [-0.15, -0.1) is 0 Å². The number of thiocarbonyl (C=S) groups is 1. The molecular formula is C14H15ClN2O3S. The van der Waals surface area contributed by atoms with E-state index in [-0.39, 0.29) is 11.0 Å². The predicted molar refractivity (Wildman–Crippen MR) is 85.6 cm³/mol. The quantitative estimate of drug-likeness (QED) is 0.643. The van der Waals surface area contributed by atoms with Crippen molar-refractivity contribution in [3.8, 4) is 11.5 Å². The van der Waals surface area contributed by atoms with Crippen LogP contribution in [0.1, 0.15) is 18.9 Å². The molecule has 2 rings (SSSR count). The Morgan fingerprint density at radius 2 is 2.14 bits per heavy atom. The van der Waals surface area contributed by atoms with Crippen LogP contribution in [0.25, 0.3) is 6.08 Å². The second-order valence-corrected chi connectivity index (χ2v) is 5.16. The average Bonchev–Trinajstić information content (AvgIpc) is 2.75. The van der Waals surface area contributed by atoms with Crippen molar-refractivity contribution < 1.29 is 14.3 Å². The Morgan fingerprint density at radius 3 is 2.71 bits per heavy atom. The summed E-state index contributed by atoms with van der Waals surface area (Å²) in [6, 6.07) is 3.46. The Hall–Kier alpha value is -1.79. The zero-order chi connectivity index (χ0) is 15.4. The van der Waals surface area contributed by atoms with Crippen molar-refractivity contribution in [1.29, 1.82) is 0 Å². The molecule has 1 heterocycles. The largest absolute Gasteiger partial charge is 0.493 e. The summed E-state index contributed by atoms with van der Waals surface area (Å²) in [5.74, 6) is 0.743. The van der Waals surface area contributed by atoms with Gasteiger partial charge in [0.15, 0.2) is 16.6 Å². The molecule has 0 aromatic heterocycles. The molecule has 1 amide bonds. The van der Waals surface area contributed by atoms with Crippen LogP contribution < -0.4 is 20.1 Å². The Kier molecular flexibility index (Phi) is 5.03. The van der Waals surface area contributed by atoms with Crippen LogP contribution in [0.4, 0.5) is 0 Å². The van der Waals surface area contributed by atoms with Crippen molar-refractivity contribution in [2.75, 3.05) is 13.7 Å². The lowest BCUT2D eigenvalue weighted by molar-refractivity contribution is -0.115. The van der Waals surface area contributed by atoms with Crippen LogP contribution in [0, 0.1) is 0 Å². The van der Waals surface area contributed by atoms with Crippen molar-refractivity contribution in [1.82, 2.24) is 10.6 Å². The number of halogens is 1. The molecule has 0 saturated carbocycles. The molecule has 0 unspecified atom stereocenters. The summed E-state index contributed by atoms with van der Waals surface area (Å²) in [4.78, 5) is 11.6. The van der Waals surface area contributed by atoms with E-state index in [0.717, 1.165) is 6.42 Å². The van der Waals surface area contributed by atoms with Crippen LogP contribution in [0.15, 0.2) is 17.8 Å². The molecule has 1 aromatic rings. The van der Waals surface area contributed by atoms with Crippen molar-refractivity contribution in [2.45, 2.75) is 13.3 Å². The molecule has 5 nitrogen and oxygen atoms in total. The van der Waals surface area contributed by atoms with Gasteiger partial charge in [-0.25, -0.2) is 0 Å². The van der Waals surface area contributed by atoms with E-state index in [0.29, 0.717) is 34.4 Å². The van der Waals surface area contributed by atoms with Crippen molar-refractivity contribution in [3.05, 3.63) is 28.4 Å². The van der Waals surface area contributed by atoms with Crippen LogP contribution in [0.2, 0.25) is 5.02 Å². The molecule has 1 aromatic carbocycles. The summed E-state index contributed by atoms with van der Waals surface area (Å²) >= 11 is 11.1. The molecule has 0 aliphatic carbocycles. The van der Waals surface area contributed by atoms with E-state index in [1.165, 1.54) is 7.11 Å². The van der Waals surface area contributed by atoms with Gasteiger partial charge in [0.25, 0.3) is 5.91 Å². The lowest BCUT2D eigenvalue weighted by atomic mass is 10.1. The zero-order valence-electron chi connectivity index (χ0n) is 11.7. The zero-order valence-corrected chi connectivity index (χ0v) is 13.2. The summed E-state index contributed by atoms with van der Waals surface area (Å²) in [5, 5.41) is 5.98. The SMILES string of the molecule is CCCOc1c(Cl)cc(/C=C2\NC(=S)NC2=O)cc1OC. The Morgan fingerprint density at radius 1 is 1.38 bits per heavy atom. The third kappa shape index (κ3) is 3.65. The minimum absolute atomic E-state index is 0.276. The van der Waals surface area contributed by atoms with Gasteiger partial charge in [-0.05, 0) is 42.4 Å². The highest BCUT2D eigenvalue weighted by Crippen LogP contribution is 2.37. The fourth-order valence-electron chi connectivity index (χ4n) is 1.82. The molecule has 0 atom stereocenters. The molecule has 1 fully saturated rings. The van der Waals surface area contributed by atoms with Gasteiger partial charge in [0.1, 0.15) is 5.70 Å². The molecule has 21 heavy (non-hydrogen) atoms. The highest BCUT2D eigenvalue weighted by Gasteiger charge is 2.20. The van der Waals surface area contributed by atoms with Crippen LogP contribution in [-0.4, -0.2) is 24.7 Å². The maximum absolute atomic E-state index is 11.6. The third-order valence-corrected chi connectivity index (χ3v) is 3.22. The van der Waals surface area contributed by atoms with Crippen molar-refractivity contribution in [3.63, 3.8) is 0 Å². The minimum atomic E-state index is -0.276. The normalized spacial score (nSPS) is 15.9. The van der Waals surface area contributed by atoms with Crippen LogP contribution in [0.3, 0.4) is 0 Å². The topological polar surface area (TPSA) is 59.6 Å². The first-order valence-electron chi connectivity index (χ1n) is 6.39. The second-order valence-electron chi connectivity index (χ2n) is 4.35. The van der Waals surface area contributed by atoms with E-state index in [4.69, 9.17) is 33.3 Å². The van der Waals surface area contributed by atoms with E-state index in [2.05, 4.69) is 10.6 Å². The van der Waals surface area contributed by atoms with Gasteiger partial charge < -0.3 is 14.8 Å². The Balaban J connectivity index is 2.34. The van der Waals surface area contributed by atoms with Gasteiger partial charge >= 0.3 is 0 Å². The number of carbonyl (C=O) groups excluding carboxylic acids is 1. The van der Waals surface area contributed by atoms with E-state index in [9.17, 15) is 4.79 Å². The van der Waals surface area contributed by atoms with Gasteiger partial charge in [0.05, 0.1) is 18.7 Å². The van der Waals surface area contributed by atoms with E-state index < -0.39 is 0 Å². The molecule has 112 valence electrons. The van der Waals surface area contributed by atoms with Crippen molar-refractivity contribution in [2.24, 2.45) is 0 Å². The first kappa shape index (κ1) is 15.6. The number of methoxy groups -OCH3 is 1. The highest BCUT2D eigenvalue weighted by molar-refractivity contribution is 7.80. The number of hydrogen-bond acceptors (Lipinski definition) is 4. The summed E-state index contributed by atoms with van der Waals surface area (Å²) in [6.45, 7) is 2.56. The molecule has 0 spiro atoms. The maximum Gasteiger partial charge on any atom is 0.273 e. The smallest absolute Gasteiger partial charge is 0.273 e. The minimum Gasteiger partial charge on any atom is -0.493 e. The number of amides is 1. The number of benzene rings is 1. The van der Waals surface area contributed by atoms with E-state index in [1.807, 2.05) is 6.92 Å².